The Morgan fingerprint density at radius 2 is 2.24 bits per heavy atom. The van der Waals surface area contributed by atoms with Gasteiger partial charge in [0.25, 0.3) is 0 Å². The Morgan fingerprint density at radius 1 is 1.29 bits per heavy atom. The molecule has 3 aromatic rings. The van der Waals surface area contributed by atoms with Crippen LogP contribution in [0.25, 0.3) is 21.9 Å². The van der Waals surface area contributed by atoms with Crippen LogP contribution >= 0.6 is 0 Å². The van der Waals surface area contributed by atoms with Gasteiger partial charge in [-0.3, -0.25) is 0 Å². The second-order valence-electron chi connectivity index (χ2n) is 4.35. The van der Waals surface area contributed by atoms with Gasteiger partial charge in [-0.15, -0.1) is 24.3 Å². The number of rotatable bonds is 0. The first-order chi connectivity index (χ1) is 7.95. The molecule has 0 aliphatic carbocycles. The van der Waals surface area contributed by atoms with Crippen molar-refractivity contribution in [2.24, 2.45) is 0 Å². The third kappa shape index (κ3) is 1.39. The van der Waals surface area contributed by atoms with E-state index in [9.17, 15) is 0 Å². The van der Waals surface area contributed by atoms with Gasteiger partial charge in [-0.05, 0) is 30.0 Å². The standard InChI is InChI=1S/C14H11N2.Ir/c1-2-6-12-11(5-1)13-14-10(7-8-15-13)4-3-9-16(12)14;/h1-2,6-8H,3-4,9H2;/q-1;. The van der Waals surface area contributed by atoms with Crippen molar-refractivity contribution < 1.29 is 20.1 Å². The zero-order valence-corrected chi connectivity index (χ0v) is 11.6. The summed E-state index contributed by atoms with van der Waals surface area (Å²) >= 11 is 0. The smallest absolute Gasteiger partial charge is 0.0192 e. The third-order valence-electron chi connectivity index (χ3n) is 3.47. The second-order valence-corrected chi connectivity index (χ2v) is 4.35. The molecular formula is C14H11IrN2-. The molecule has 0 fully saturated rings. The van der Waals surface area contributed by atoms with Crippen LogP contribution in [0.1, 0.15) is 12.0 Å². The molecule has 0 saturated carbocycles. The Balaban J connectivity index is 0.000000902. The van der Waals surface area contributed by atoms with Crippen molar-refractivity contribution in [2.45, 2.75) is 19.4 Å². The minimum atomic E-state index is 0. The molecule has 0 bridgehead atoms. The average molecular weight is 399 g/mol. The van der Waals surface area contributed by atoms with E-state index in [4.69, 9.17) is 0 Å². The molecule has 0 spiro atoms. The van der Waals surface area contributed by atoms with Gasteiger partial charge in [-0.2, -0.15) is 0 Å². The van der Waals surface area contributed by atoms with Gasteiger partial charge in [0.05, 0.1) is 0 Å². The Bertz CT molecular complexity index is 700. The number of pyridine rings is 1. The molecular weight excluding hydrogens is 388 g/mol. The van der Waals surface area contributed by atoms with Crippen molar-refractivity contribution >= 4 is 21.9 Å². The minimum absolute atomic E-state index is 0. The number of hydrogen-bond donors (Lipinski definition) is 0. The maximum Gasteiger partial charge on any atom is 0.0192 e. The van der Waals surface area contributed by atoms with Crippen molar-refractivity contribution in [3.63, 3.8) is 0 Å². The van der Waals surface area contributed by atoms with Gasteiger partial charge >= 0.3 is 0 Å². The molecule has 0 unspecified atom stereocenters. The van der Waals surface area contributed by atoms with Gasteiger partial charge in [-0.1, -0.05) is 5.39 Å². The summed E-state index contributed by atoms with van der Waals surface area (Å²) in [4.78, 5) is 4.52. The van der Waals surface area contributed by atoms with E-state index in [0.717, 1.165) is 12.1 Å². The normalized spacial score (nSPS) is 13.9. The predicted octanol–water partition coefficient (Wildman–Crippen LogP) is 2.93. The average Bonchev–Trinajstić information content (AvgIpc) is 2.68. The Hall–Kier alpha value is -1.18. The van der Waals surface area contributed by atoms with Gasteiger partial charge in [0.1, 0.15) is 0 Å². The van der Waals surface area contributed by atoms with Crippen LogP contribution < -0.4 is 0 Å². The first kappa shape index (κ1) is 10.9. The molecule has 2 nitrogen and oxygen atoms in total. The van der Waals surface area contributed by atoms with Crippen LogP contribution in [-0.2, 0) is 33.1 Å². The largest absolute Gasteiger partial charge is 0.387 e. The topological polar surface area (TPSA) is 17.8 Å². The molecule has 1 radical (unpaired) electrons. The van der Waals surface area contributed by atoms with E-state index in [1.54, 1.807) is 0 Å². The maximum absolute atomic E-state index is 4.52. The molecule has 1 aromatic carbocycles. The van der Waals surface area contributed by atoms with Crippen molar-refractivity contribution in [1.82, 2.24) is 9.55 Å². The number of aryl methyl sites for hydroxylation is 2. The summed E-state index contributed by atoms with van der Waals surface area (Å²) < 4.78 is 2.40. The van der Waals surface area contributed by atoms with Crippen LogP contribution in [0.5, 0.6) is 0 Å². The molecule has 1 aliphatic heterocycles. The molecule has 17 heavy (non-hydrogen) atoms. The molecule has 0 saturated heterocycles. The minimum Gasteiger partial charge on any atom is -0.387 e. The fourth-order valence-corrected chi connectivity index (χ4v) is 2.80. The van der Waals surface area contributed by atoms with Crippen LogP contribution in [-0.4, -0.2) is 9.55 Å². The summed E-state index contributed by atoms with van der Waals surface area (Å²) in [5, 5.41) is 1.17. The first-order valence-corrected chi connectivity index (χ1v) is 5.71. The van der Waals surface area contributed by atoms with E-state index < -0.39 is 0 Å². The van der Waals surface area contributed by atoms with Gasteiger partial charge in [-0.25, -0.2) is 0 Å². The maximum atomic E-state index is 4.52. The molecule has 1 aliphatic rings. The van der Waals surface area contributed by atoms with E-state index in [1.807, 2.05) is 12.3 Å². The van der Waals surface area contributed by atoms with Gasteiger partial charge in [0, 0.05) is 43.9 Å². The zero-order chi connectivity index (χ0) is 10.5. The molecule has 3 heterocycles. The van der Waals surface area contributed by atoms with Crippen molar-refractivity contribution in [2.75, 3.05) is 0 Å². The quantitative estimate of drug-likeness (QED) is 0.532. The summed E-state index contributed by atoms with van der Waals surface area (Å²) in [6.07, 6.45) is 4.33. The molecule has 87 valence electrons. The van der Waals surface area contributed by atoms with Crippen LogP contribution in [0.3, 0.4) is 0 Å². The summed E-state index contributed by atoms with van der Waals surface area (Å²) in [6, 6.07) is 11.7. The number of nitrogens with zero attached hydrogens (tertiary/aromatic N) is 2. The van der Waals surface area contributed by atoms with E-state index in [-0.39, 0.29) is 20.1 Å². The monoisotopic (exact) mass is 400 g/mol. The predicted molar refractivity (Wildman–Crippen MR) is 64.4 cm³/mol. The molecule has 4 rings (SSSR count). The zero-order valence-electron chi connectivity index (χ0n) is 9.24. The van der Waals surface area contributed by atoms with Crippen LogP contribution in [0.15, 0.2) is 30.5 Å². The van der Waals surface area contributed by atoms with Gasteiger partial charge in [0.2, 0.25) is 0 Å². The van der Waals surface area contributed by atoms with Crippen LogP contribution in [0.4, 0.5) is 0 Å². The Morgan fingerprint density at radius 3 is 3.18 bits per heavy atom. The van der Waals surface area contributed by atoms with E-state index in [2.05, 4.69) is 33.8 Å². The number of fused-ring (bicyclic) bond motifs is 3. The summed E-state index contributed by atoms with van der Waals surface area (Å²) in [5.74, 6) is 0. The van der Waals surface area contributed by atoms with Crippen LogP contribution in [0, 0.1) is 6.07 Å². The Kier molecular flexibility index (Phi) is 2.53. The number of aromatic nitrogens is 2. The second kappa shape index (κ2) is 3.93. The molecule has 0 N–H and O–H groups in total. The summed E-state index contributed by atoms with van der Waals surface area (Å²) in [6.45, 7) is 1.11. The van der Waals surface area contributed by atoms with Crippen molar-refractivity contribution in [1.29, 1.82) is 0 Å². The first-order valence-electron chi connectivity index (χ1n) is 5.71. The third-order valence-corrected chi connectivity index (χ3v) is 3.47. The van der Waals surface area contributed by atoms with Crippen LogP contribution in [0.2, 0.25) is 0 Å². The van der Waals surface area contributed by atoms with E-state index in [1.165, 1.54) is 34.8 Å². The summed E-state index contributed by atoms with van der Waals surface area (Å²) in [7, 11) is 0. The molecule has 3 heteroatoms. The molecule has 0 amide bonds. The number of hydrogen-bond acceptors (Lipinski definition) is 1. The fraction of sp³-hybridized carbons (Fsp3) is 0.214. The van der Waals surface area contributed by atoms with E-state index >= 15 is 0 Å². The Labute approximate surface area is 113 Å². The fourth-order valence-electron chi connectivity index (χ4n) is 2.80. The SMILES string of the molecule is [Ir].[c-]1cccc2c1c1nccc3c1n2CCC3. The van der Waals surface area contributed by atoms with Gasteiger partial charge in [0.15, 0.2) is 0 Å². The van der Waals surface area contributed by atoms with E-state index in [0.29, 0.717) is 0 Å². The molecule has 0 atom stereocenters. The van der Waals surface area contributed by atoms with Gasteiger partial charge < -0.3 is 9.55 Å². The van der Waals surface area contributed by atoms with Crippen molar-refractivity contribution in [3.05, 3.63) is 42.1 Å². The summed E-state index contributed by atoms with van der Waals surface area (Å²) in [5.41, 5.74) is 5.15. The number of benzene rings is 1. The van der Waals surface area contributed by atoms with Crippen molar-refractivity contribution in [3.8, 4) is 0 Å². The molecule has 2 aromatic heterocycles.